The number of aromatic hydroxyl groups is 1. The molecule has 0 unspecified atom stereocenters. The van der Waals surface area contributed by atoms with Crippen molar-refractivity contribution >= 4 is 23.5 Å². The van der Waals surface area contributed by atoms with E-state index >= 15 is 0 Å². The van der Waals surface area contributed by atoms with E-state index in [4.69, 9.17) is 5.73 Å². The van der Waals surface area contributed by atoms with E-state index in [1.54, 1.807) is 26.2 Å². The first kappa shape index (κ1) is 21.8. The third kappa shape index (κ3) is 2.61. The maximum absolute atomic E-state index is 13.4. The lowest BCUT2D eigenvalue weighted by molar-refractivity contribution is -0.148. The van der Waals surface area contributed by atoms with Gasteiger partial charge in [-0.15, -0.1) is 0 Å². The molecule has 1 aromatic carbocycles. The number of aliphatic hydroxyl groups excluding tert-OH is 2. The van der Waals surface area contributed by atoms with Gasteiger partial charge in [-0.3, -0.25) is 19.3 Å². The van der Waals surface area contributed by atoms with Gasteiger partial charge in [0, 0.05) is 11.5 Å². The van der Waals surface area contributed by atoms with Crippen LogP contribution >= 0.6 is 0 Å². The smallest absolute Gasteiger partial charge is 0.255 e. The molecule has 0 spiro atoms. The number of carbonyl (C=O) groups is 3. The summed E-state index contributed by atoms with van der Waals surface area (Å²) in [5, 5.41) is 43.7. The molecule has 9 nitrogen and oxygen atoms in total. The molecule has 3 aliphatic rings. The summed E-state index contributed by atoms with van der Waals surface area (Å²) in [6.07, 6.45) is 1.85. The van der Waals surface area contributed by atoms with Gasteiger partial charge in [0.1, 0.15) is 22.8 Å². The molecular formula is C23H24N2O7. The summed E-state index contributed by atoms with van der Waals surface area (Å²) in [5.41, 5.74) is 2.84. The SMILES string of the molecule is C=Cc1ccc(O)c2c1C[C@H]1C[C@H]3[C@H](N(C)C)C(O)=C(C(N)=O)C(=O)[C@@]3(O)C(O)=C1C2=O. The second-order valence-electron chi connectivity index (χ2n) is 8.69. The number of aliphatic hydroxyl groups is 3. The van der Waals surface area contributed by atoms with E-state index in [2.05, 4.69) is 6.58 Å². The van der Waals surface area contributed by atoms with Gasteiger partial charge in [0.05, 0.1) is 11.6 Å². The van der Waals surface area contributed by atoms with Crippen LogP contribution in [0.5, 0.6) is 5.75 Å². The number of fused-ring (bicyclic) bond motifs is 3. The highest BCUT2D eigenvalue weighted by Gasteiger charge is 2.63. The van der Waals surface area contributed by atoms with E-state index in [9.17, 15) is 34.8 Å². The second-order valence-corrected chi connectivity index (χ2v) is 8.69. The molecule has 0 saturated heterocycles. The van der Waals surface area contributed by atoms with Gasteiger partial charge >= 0.3 is 0 Å². The van der Waals surface area contributed by atoms with Crippen LogP contribution in [0.3, 0.4) is 0 Å². The molecule has 0 fully saturated rings. The number of hydrogen-bond acceptors (Lipinski definition) is 8. The Labute approximate surface area is 183 Å². The molecular weight excluding hydrogens is 416 g/mol. The summed E-state index contributed by atoms with van der Waals surface area (Å²) in [7, 11) is 3.17. The monoisotopic (exact) mass is 440 g/mol. The Balaban J connectivity index is 1.99. The summed E-state index contributed by atoms with van der Waals surface area (Å²) in [4.78, 5) is 40.0. The highest BCUT2D eigenvalue weighted by molar-refractivity contribution is 6.24. The number of likely N-dealkylation sites (N-methyl/N-ethyl adjacent to an activating group) is 1. The predicted octanol–water partition coefficient (Wildman–Crippen LogP) is 0.764. The van der Waals surface area contributed by atoms with Crippen molar-refractivity contribution < 1.29 is 34.8 Å². The average molecular weight is 440 g/mol. The molecule has 1 amide bonds. The van der Waals surface area contributed by atoms with Crippen LogP contribution in [-0.2, 0) is 16.0 Å². The molecule has 32 heavy (non-hydrogen) atoms. The lowest BCUT2D eigenvalue weighted by Gasteiger charge is -2.50. The molecule has 3 aliphatic carbocycles. The molecule has 4 rings (SSSR count). The lowest BCUT2D eigenvalue weighted by Crippen LogP contribution is -2.63. The number of nitrogens with two attached hydrogens (primary N) is 1. The minimum absolute atomic E-state index is 0.0248. The first-order valence-electron chi connectivity index (χ1n) is 10.1. The van der Waals surface area contributed by atoms with Crippen LogP contribution in [0.1, 0.15) is 27.9 Å². The van der Waals surface area contributed by atoms with E-state index in [0.717, 1.165) is 0 Å². The van der Waals surface area contributed by atoms with Gasteiger partial charge in [-0.1, -0.05) is 18.7 Å². The summed E-state index contributed by atoms with van der Waals surface area (Å²) in [5.74, 6) is -6.61. The number of phenolic OH excluding ortho intramolecular Hbond substituents is 1. The van der Waals surface area contributed by atoms with Crippen LogP contribution in [0.4, 0.5) is 0 Å². The molecule has 0 aliphatic heterocycles. The Morgan fingerprint density at radius 2 is 1.91 bits per heavy atom. The van der Waals surface area contributed by atoms with Gasteiger partial charge in [-0.05, 0) is 50.0 Å². The number of carbonyl (C=O) groups excluding carboxylic acids is 3. The number of nitrogens with zero attached hydrogens (tertiary/aromatic N) is 1. The Morgan fingerprint density at radius 3 is 2.47 bits per heavy atom. The van der Waals surface area contributed by atoms with Crippen molar-refractivity contribution in [3.63, 3.8) is 0 Å². The lowest BCUT2D eigenvalue weighted by atomic mass is 9.58. The highest BCUT2D eigenvalue weighted by Crippen LogP contribution is 2.52. The van der Waals surface area contributed by atoms with Crippen LogP contribution in [-0.4, -0.2) is 68.5 Å². The molecule has 0 saturated carbocycles. The van der Waals surface area contributed by atoms with Gasteiger partial charge in [-0.2, -0.15) is 0 Å². The highest BCUT2D eigenvalue weighted by atomic mass is 16.3. The molecule has 6 N–H and O–H groups in total. The summed E-state index contributed by atoms with van der Waals surface area (Å²) < 4.78 is 0. The summed E-state index contributed by atoms with van der Waals surface area (Å²) >= 11 is 0. The first-order valence-corrected chi connectivity index (χ1v) is 10.1. The van der Waals surface area contributed by atoms with Crippen molar-refractivity contribution in [2.75, 3.05) is 14.1 Å². The molecule has 0 bridgehead atoms. The molecule has 1 aromatic rings. The van der Waals surface area contributed by atoms with Gasteiger partial charge in [0.2, 0.25) is 5.78 Å². The Kier molecular flexibility index (Phi) is 4.80. The van der Waals surface area contributed by atoms with Crippen LogP contribution in [0.25, 0.3) is 6.08 Å². The van der Waals surface area contributed by atoms with Crippen LogP contribution in [0, 0.1) is 11.8 Å². The molecule has 0 radical (unpaired) electrons. The minimum atomic E-state index is -2.63. The molecule has 0 heterocycles. The zero-order valence-electron chi connectivity index (χ0n) is 17.6. The fourth-order valence-corrected chi connectivity index (χ4v) is 5.47. The fraction of sp³-hybridized carbons (Fsp3) is 0.348. The molecule has 9 heteroatoms. The van der Waals surface area contributed by atoms with Crippen molar-refractivity contribution in [2.24, 2.45) is 17.6 Å². The standard InChI is InChI=1S/C23H24N2O7/c1-4-9-5-6-13(26)15-11(9)7-10-8-12-17(25(2)3)19(28)16(22(24)31)21(30)23(12,32)20(29)14(10)18(15)27/h4-6,10,12,17,26,28-29,32H,1,7-8H2,2-3H3,(H2,24,31)/t10-,12-,17-,23-/m0/s1. The maximum Gasteiger partial charge on any atom is 0.255 e. The average Bonchev–Trinajstić information content (AvgIpc) is 2.70. The van der Waals surface area contributed by atoms with E-state index in [1.807, 2.05) is 0 Å². The quantitative estimate of drug-likeness (QED) is 0.431. The van der Waals surface area contributed by atoms with Crippen molar-refractivity contribution in [1.82, 2.24) is 4.90 Å². The number of amides is 1. The summed E-state index contributed by atoms with van der Waals surface area (Å²) in [6, 6.07) is 1.96. The van der Waals surface area contributed by atoms with Gasteiger partial charge in [0.15, 0.2) is 11.4 Å². The van der Waals surface area contributed by atoms with Crippen LogP contribution in [0.15, 0.2) is 41.4 Å². The summed E-state index contributed by atoms with van der Waals surface area (Å²) in [6.45, 7) is 3.74. The molecule has 168 valence electrons. The van der Waals surface area contributed by atoms with Crippen molar-refractivity contribution in [3.05, 3.63) is 58.1 Å². The van der Waals surface area contributed by atoms with Gasteiger partial charge in [0.25, 0.3) is 5.91 Å². The number of Topliss-reactive ketones (excluding diaryl/α,β-unsaturated/α-hetero) is 2. The minimum Gasteiger partial charge on any atom is -0.510 e. The fourth-order valence-electron chi connectivity index (χ4n) is 5.47. The Hall–Kier alpha value is -3.43. The van der Waals surface area contributed by atoms with E-state index in [1.165, 1.54) is 11.0 Å². The van der Waals surface area contributed by atoms with Crippen molar-refractivity contribution in [1.29, 1.82) is 0 Å². The first-order chi connectivity index (χ1) is 15.0. The zero-order chi connectivity index (χ0) is 23.7. The van der Waals surface area contributed by atoms with Gasteiger partial charge < -0.3 is 26.2 Å². The van der Waals surface area contributed by atoms with Gasteiger partial charge in [-0.25, -0.2) is 0 Å². The third-order valence-corrected chi connectivity index (χ3v) is 6.86. The Bertz CT molecular complexity index is 1160. The topological polar surface area (TPSA) is 161 Å². The Morgan fingerprint density at radius 1 is 1.25 bits per heavy atom. The van der Waals surface area contributed by atoms with Crippen LogP contribution < -0.4 is 5.73 Å². The third-order valence-electron chi connectivity index (χ3n) is 6.86. The van der Waals surface area contributed by atoms with E-state index in [0.29, 0.717) is 11.1 Å². The number of ketones is 2. The largest absolute Gasteiger partial charge is 0.510 e. The number of rotatable bonds is 3. The number of phenols is 1. The zero-order valence-corrected chi connectivity index (χ0v) is 17.6. The van der Waals surface area contributed by atoms with E-state index < -0.39 is 58.0 Å². The molecule has 4 atom stereocenters. The van der Waals surface area contributed by atoms with Crippen molar-refractivity contribution in [3.8, 4) is 5.75 Å². The molecule has 0 aromatic heterocycles. The van der Waals surface area contributed by atoms with Crippen molar-refractivity contribution in [2.45, 2.75) is 24.5 Å². The maximum atomic E-state index is 13.4. The predicted molar refractivity (Wildman–Crippen MR) is 114 cm³/mol. The number of primary amides is 1. The second kappa shape index (κ2) is 7.04. The number of hydrogen-bond donors (Lipinski definition) is 5. The van der Waals surface area contributed by atoms with Crippen LogP contribution in [0.2, 0.25) is 0 Å². The normalized spacial score (nSPS) is 29.6. The van der Waals surface area contributed by atoms with E-state index in [-0.39, 0.29) is 29.7 Å². The number of allylic oxidation sites excluding steroid dienone is 1. The number of benzene rings is 1.